The summed E-state index contributed by atoms with van der Waals surface area (Å²) < 4.78 is 28.4. The van der Waals surface area contributed by atoms with Gasteiger partial charge >= 0.3 is 0 Å². The average molecular weight is 417 g/mol. The molecule has 1 N–H and O–H groups in total. The Bertz CT molecular complexity index is 1010. The SMILES string of the molecule is Cc1cnc(Nc2cnn(C)c2)nc1N1C[C@@H]2CN(C(=O)[C@@H]3CC3(F)F)C[C@]2(C)C1. The lowest BCUT2D eigenvalue weighted by Crippen LogP contribution is -2.37. The van der Waals surface area contributed by atoms with Crippen molar-refractivity contribution in [3.05, 3.63) is 24.2 Å². The summed E-state index contributed by atoms with van der Waals surface area (Å²) in [6.07, 6.45) is 5.05. The lowest BCUT2D eigenvalue weighted by Gasteiger charge is -2.27. The third-order valence-corrected chi connectivity index (χ3v) is 6.61. The normalized spacial score (nSPS) is 29.2. The standard InChI is InChI=1S/C20H25F2N7O/c1-12-5-23-18(25-14-6-24-27(3)9-14)26-16(12)28-7-13-8-29(11-19(13,2)10-28)17(30)15-4-20(15,21)22/h5-6,9,13,15H,4,7-8,10-11H2,1-3H3,(H,23,25,26)/t13-,15+,19+/m1/s1. The number of aryl methyl sites for hydroxylation is 2. The van der Waals surface area contributed by atoms with E-state index in [1.54, 1.807) is 22.0 Å². The minimum Gasteiger partial charge on any atom is -0.355 e. The van der Waals surface area contributed by atoms with E-state index in [0.717, 1.165) is 30.2 Å². The Balaban J connectivity index is 1.30. The number of nitrogens with one attached hydrogen (secondary N) is 1. The van der Waals surface area contributed by atoms with Crippen LogP contribution in [0.2, 0.25) is 0 Å². The first-order chi connectivity index (χ1) is 14.1. The smallest absolute Gasteiger partial charge is 0.260 e. The van der Waals surface area contributed by atoms with E-state index in [0.29, 0.717) is 19.0 Å². The molecule has 30 heavy (non-hydrogen) atoms. The zero-order chi connectivity index (χ0) is 21.3. The first-order valence-corrected chi connectivity index (χ1v) is 10.2. The topological polar surface area (TPSA) is 79.2 Å². The highest BCUT2D eigenvalue weighted by atomic mass is 19.3. The van der Waals surface area contributed by atoms with Gasteiger partial charge in [-0.05, 0) is 6.92 Å². The van der Waals surface area contributed by atoms with Gasteiger partial charge in [0.05, 0.1) is 11.9 Å². The Hall–Kier alpha value is -2.78. The zero-order valence-electron chi connectivity index (χ0n) is 17.3. The van der Waals surface area contributed by atoms with Crippen molar-refractivity contribution in [2.24, 2.45) is 24.3 Å². The molecule has 10 heteroatoms. The number of aromatic nitrogens is 4. The number of anilines is 3. The molecule has 0 bridgehead atoms. The van der Waals surface area contributed by atoms with Crippen molar-refractivity contribution >= 4 is 23.4 Å². The van der Waals surface area contributed by atoms with Gasteiger partial charge in [-0.1, -0.05) is 6.92 Å². The Morgan fingerprint density at radius 1 is 1.27 bits per heavy atom. The Morgan fingerprint density at radius 3 is 2.67 bits per heavy atom. The summed E-state index contributed by atoms with van der Waals surface area (Å²) >= 11 is 0. The monoisotopic (exact) mass is 417 g/mol. The van der Waals surface area contributed by atoms with Crippen LogP contribution in [0.5, 0.6) is 0 Å². The molecule has 2 aromatic rings. The summed E-state index contributed by atoms with van der Waals surface area (Å²) in [6.45, 7) is 6.64. The first kappa shape index (κ1) is 19.2. The van der Waals surface area contributed by atoms with Crippen LogP contribution in [0.25, 0.3) is 0 Å². The number of hydrogen-bond donors (Lipinski definition) is 1. The van der Waals surface area contributed by atoms with Gasteiger partial charge in [0, 0.05) is 68.9 Å². The van der Waals surface area contributed by atoms with Crippen LogP contribution in [0.1, 0.15) is 18.9 Å². The minimum atomic E-state index is -2.81. The van der Waals surface area contributed by atoms with Crippen LogP contribution in [0.4, 0.5) is 26.2 Å². The Morgan fingerprint density at radius 2 is 2.03 bits per heavy atom. The van der Waals surface area contributed by atoms with E-state index in [4.69, 9.17) is 4.98 Å². The van der Waals surface area contributed by atoms with Gasteiger partial charge in [0.1, 0.15) is 11.7 Å². The van der Waals surface area contributed by atoms with E-state index < -0.39 is 11.8 Å². The predicted molar refractivity (Wildman–Crippen MR) is 107 cm³/mol. The highest BCUT2D eigenvalue weighted by Gasteiger charge is 2.63. The zero-order valence-corrected chi connectivity index (χ0v) is 17.3. The van der Waals surface area contributed by atoms with E-state index in [1.165, 1.54) is 0 Å². The molecule has 160 valence electrons. The number of likely N-dealkylation sites (tertiary alicyclic amines) is 1. The average Bonchev–Trinajstić information content (AvgIpc) is 2.97. The van der Waals surface area contributed by atoms with Crippen molar-refractivity contribution in [1.82, 2.24) is 24.6 Å². The second-order valence-corrected chi connectivity index (χ2v) is 9.20. The molecule has 0 unspecified atom stereocenters. The number of nitrogens with zero attached hydrogens (tertiary/aromatic N) is 6. The summed E-state index contributed by atoms with van der Waals surface area (Å²) in [7, 11) is 1.84. The lowest BCUT2D eigenvalue weighted by molar-refractivity contribution is -0.134. The quantitative estimate of drug-likeness (QED) is 0.822. The number of carbonyl (C=O) groups excluding carboxylic acids is 1. The number of carbonyl (C=O) groups is 1. The van der Waals surface area contributed by atoms with Crippen LogP contribution in [-0.4, -0.2) is 62.7 Å². The van der Waals surface area contributed by atoms with Crippen molar-refractivity contribution < 1.29 is 13.6 Å². The maximum atomic E-state index is 13.3. The second-order valence-electron chi connectivity index (χ2n) is 9.20. The van der Waals surface area contributed by atoms with E-state index in [9.17, 15) is 13.6 Å². The third-order valence-electron chi connectivity index (χ3n) is 6.61. The fourth-order valence-corrected chi connectivity index (χ4v) is 4.80. The van der Waals surface area contributed by atoms with Crippen LogP contribution in [0, 0.1) is 24.2 Å². The summed E-state index contributed by atoms with van der Waals surface area (Å²) in [5, 5.41) is 7.30. The highest BCUT2D eigenvalue weighted by Crippen LogP contribution is 2.51. The third kappa shape index (κ3) is 3.18. The molecule has 2 aromatic heterocycles. The van der Waals surface area contributed by atoms with Crippen molar-refractivity contribution in [3.8, 4) is 0 Å². The highest BCUT2D eigenvalue weighted by molar-refractivity contribution is 5.83. The van der Waals surface area contributed by atoms with Gasteiger partial charge in [-0.3, -0.25) is 9.48 Å². The molecule has 4 heterocycles. The van der Waals surface area contributed by atoms with Crippen molar-refractivity contribution in [2.75, 3.05) is 36.4 Å². The Kier molecular flexibility index (Phi) is 4.07. The number of amides is 1. The summed E-state index contributed by atoms with van der Waals surface area (Å²) in [5.74, 6) is -2.71. The maximum absolute atomic E-state index is 13.3. The van der Waals surface area contributed by atoms with Gasteiger partial charge in [0.25, 0.3) is 5.92 Å². The molecule has 2 saturated heterocycles. The summed E-state index contributed by atoms with van der Waals surface area (Å²) in [6, 6.07) is 0. The van der Waals surface area contributed by atoms with E-state index in [2.05, 4.69) is 27.2 Å². The molecule has 1 amide bonds. The van der Waals surface area contributed by atoms with Crippen LogP contribution in [0.3, 0.4) is 0 Å². The van der Waals surface area contributed by atoms with Crippen molar-refractivity contribution in [3.63, 3.8) is 0 Å². The van der Waals surface area contributed by atoms with Crippen LogP contribution >= 0.6 is 0 Å². The molecule has 3 aliphatic rings. The number of halogens is 2. The molecule has 3 fully saturated rings. The number of fused-ring (bicyclic) bond motifs is 1. The van der Waals surface area contributed by atoms with E-state index in [-0.39, 0.29) is 23.7 Å². The van der Waals surface area contributed by atoms with Crippen molar-refractivity contribution in [2.45, 2.75) is 26.2 Å². The fraction of sp³-hybridized carbons (Fsp3) is 0.600. The van der Waals surface area contributed by atoms with Gasteiger partial charge in [-0.15, -0.1) is 0 Å². The number of alkyl halides is 2. The first-order valence-electron chi connectivity index (χ1n) is 10.2. The van der Waals surface area contributed by atoms with Gasteiger partial charge in [0.15, 0.2) is 0 Å². The fourth-order valence-electron chi connectivity index (χ4n) is 4.80. The van der Waals surface area contributed by atoms with Crippen LogP contribution < -0.4 is 10.2 Å². The van der Waals surface area contributed by atoms with Gasteiger partial charge in [0.2, 0.25) is 11.9 Å². The molecule has 0 spiro atoms. The largest absolute Gasteiger partial charge is 0.355 e. The molecule has 5 rings (SSSR count). The molecule has 0 radical (unpaired) electrons. The van der Waals surface area contributed by atoms with Gasteiger partial charge < -0.3 is 15.1 Å². The molecule has 8 nitrogen and oxygen atoms in total. The Labute approximate surface area is 173 Å². The van der Waals surface area contributed by atoms with E-state index >= 15 is 0 Å². The van der Waals surface area contributed by atoms with Crippen LogP contribution in [0.15, 0.2) is 18.6 Å². The second kappa shape index (κ2) is 6.36. The molecule has 3 atom stereocenters. The van der Waals surface area contributed by atoms with Crippen molar-refractivity contribution in [1.29, 1.82) is 0 Å². The van der Waals surface area contributed by atoms with Crippen LogP contribution in [-0.2, 0) is 11.8 Å². The molecule has 2 aliphatic heterocycles. The molecule has 1 saturated carbocycles. The number of hydrogen-bond acceptors (Lipinski definition) is 6. The summed E-state index contributed by atoms with van der Waals surface area (Å²) in [5.41, 5.74) is 1.65. The predicted octanol–water partition coefficient (Wildman–Crippen LogP) is 2.20. The minimum absolute atomic E-state index is 0.131. The number of rotatable bonds is 4. The molecule has 1 aliphatic carbocycles. The van der Waals surface area contributed by atoms with Gasteiger partial charge in [-0.2, -0.15) is 10.1 Å². The van der Waals surface area contributed by atoms with E-state index in [1.807, 2.05) is 20.2 Å². The molecular formula is C20H25F2N7O. The molecular weight excluding hydrogens is 392 g/mol. The maximum Gasteiger partial charge on any atom is 0.260 e. The van der Waals surface area contributed by atoms with Gasteiger partial charge in [-0.25, -0.2) is 13.8 Å². The summed E-state index contributed by atoms with van der Waals surface area (Å²) in [4.78, 5) is 25.4. The molecule has 0 aromatic carbocycles. The lowest BCUT2D eigenvalue weighted by atomic mass is 9.83.